The summed E-state index contributed by atoms with van der Waals surface area (Å²) in [4.78, 5) is 0. The van der Waals surface area contributed by atoms with Crippen molar-refractivity contribution in [3.63, 3.8) is 0 Å². The van der Waals surface area contributed by atoms with Gasteiger partial charge >= 0.3 is 98.9 Å². The second-order valence-electron chi connectivity index (χ2n) is 13.7. The maximum atomic E-state index is 2.48. The second-order valence-corrected chi connectivity index (χ2v) is 15.5. The van der Waals surface area contributed by atoms with Gasteiger partial charge in [0.25, 0.3) is 0 Å². The summed E-state index contributed by atoms with van der Waals surface area (Å²) in [6, 6.07) is 31.2. The molecule has 0 spiro atoms. The third-order valence-corrected chi connectivity index (χ3v) is 11.3. The molecule has 8 rings (SSSR count). The molecule has 4 aromatic carbocycles. The Labute approximate surface area is 303 Å². The molecule has 4 aromatic rings. The fourth-order valence-electron chi connectivity index (χ4n) is 7.36. The van der Waals surface area contributed by atoms with Gasteiger partial charge in [-0.1, -0.05) is 75.1 Å². The van der Waals surface area contributed by atoms with Gasteiger partial charge in [0.05, 0.1) is 0 Å². The van der Waals surface area contributed by atoms with Crippen LogP contribution in [0.3, 0.4) is 0 Å². The van der Waals surface area contributed by atoms with Crippen LogP contribution >= 0.6 is 0 Å². The smallest absolute Gasteiger partial charge is 0.172 e. The molecule has 0 bridgehead atoms. The standard InChI is InChI=1S/C25H27.C13H10.C5H5.2ClH.Hf/c1-14-7-8-17-20(14)22-18(23-21(17)15(2)12-25(23,5)6)11-16-9-10-24(3,4)13-19(16)22;1-3-7-12(8-4-1)11-13-9-5-2-6-10-13;1-2-4-5-3-1;;;/h7-10,12H,11,13H2,1-6H3;1-10H;1-5H;2*1H;/q-1;;-1;;;+2/p-2. The Morgan fingerprint density at radius 1 is 0.761 bits per heavy atom. The zero-order chi connectivity index (χ0) is 31.1. The summed E-state index contributed by atoms with van der Waals surface area (Å²) in [6.45, 7) is 14.1. The van der Waals surface area contributed by atoms with E-state index >= 15 is 0 Å². The van der Waals surface area contributed by atoms with Crippen LogP contribution in [0.25, 0.3) is 22.8 Å². The van der Waals surface area contributed by atoms with E-state index in [2.05, 4.69) is 133 Å². The minimum Gasteiger partial charge on any atom is -0.214 e. The normalized spacial score (nSPS) is 16.7. The number of allylic oxidation sites excluding steroid dienone is 6. The van der Waals surface area contributed by atoms with Crippen LogP contribution < -0.4 is 35.3 Å². The van der Waals surface area contributed by atoms with Crippen molar-refractivity contribution in [1.82, 2.24) is 0 Å². The molecular formula is C43H42Cl2Hf-2. The van der Waals surface area contributed by atoms with Gasteiger partial charge in [0.1, 0.15) is 0 Å². The molecule has 0 heterocycles. The molecule has 0 nitrogen and oxygen atoms in total. The zero-order valence-corrected chi connectivity index (χ0v) is 32.8. The Morgan fingerprint density at radius 2 is 1.35 bits per heavy atom. The minimum absolute atomic E-state index is 0. The van der Waals surface area contributed by atoms with Crippen LogP contribution in [-0.2, 0) is 35.7 Å². The van der Waals surface area contributed by atoms with Crippen LogP contribution in [0, 0.1) is 11.8 Å². The second kappa shape index (κ2) is 14.5. The van der Waals surface area contributed by atoms with Crippen LogP contribution in [-0.4, -0.2) is 3.26 Å². The zero-order valence-electron chi connectivity index (χ0n) is 27.7. The topological polar surface area (TPSA) is 0 Å². The van der Waals surface area contributed by atoms with Crippen molar-refractivity contribution in [2.75, 3.05) is 0 Å². The molecule has 4 aliphatic carbocycles. The first-order valence-corrected chi connectivity index (χ1v) is 17.6. The minimum atomic E-state index is 0. The van der Waals surface area contributed by atoms with Crippen molar-refractivity contribution in [1.29, 1.82) is 0 Å². The quantitative estimate of drug-likeness (QED) is 0.216. The van der Waals surface area contributed by atoms with E-state index < -0.39 is 0 Å². The van der Waals surface area contributed by atoms with Gasteiger partial charge in [0.2, 0.25) is 0 Å². The van der Waals surface area contributed by atoms with E-state index in [1.165, 1.54) is 41.5 Å². The van der Waals surface area contributed by atoms with Gasteiger partial charge in [0.15, 0.2) is 0 Å². The average Bonchev–Trinajstić information content (AvgIpc) is 3.81. The van der Waals surface area contributed by atoms with Crippen molar-refractivity contribution in [2.45, 2.75) is 59.8 Å². The van der Waals surface area contributed by atoms with E-state index in [1.807, 2.05) is 30.3 Å². The van der Waals surface area contributed by atoms with E-state index in [0.717, 1.165) is 36.7 Å². The maximum absolute atomic E-state index is 2.48. The molecule has 0 saturated heterocycles. The molecule has 46 heavy (non-hydrogen) atoms. The first-order valence-electron chi connectivity index (χ1n) is 15.8. The van der Waals surface area contributed by atoms with Gasteiger partial charge in [-0.15, -0.1) is 5.56 Å². The van der Waals surface area contributed by atoms with Gasteiger partial charge in [-0.25, -0.2) is 24.1 Å². The van der Waals surface area contributed by atoms with Crippen molar-refractivity contribution in [3.8, 4) is 0 Å². The summed E-state index contributed by atoms with van der Waals surface area (Å²) in [5.74, 6) is 0. The van der Waals surface area contributed by atoms with E-state index in [1.54, 1.807) is 27.8 Å². The molecule has 0 unspecified atom stereocenters. The Morgan fingerprint density at radius 3 is 1.89 bits per heavy atom. The summed E-state index contributed by atoms with van der Waals surface area (Å²) < 4.78 is 1.46. The summed E-state index contributed by atoms with van der Waals surface area (Å²) in [5, 5.41) is 3.00. The summed E-state index contributed by atoms with van der Waals surface area (Å²) >= 11 is 1.08. The van der Waals surface area contributed by atoms with Crippen molar-refractivity contribution >= 4 is 26.1 Å². The Kier molecular flexibility index (Phi) is 11.4. The van der Waals surface area contributed by atoms with E-state index in [-0.39, 0.29) is 35.6 Å². The number of halogens is 2. The summed E-state index contributed by atoms with van der Waals surface area (Å²) in [5.41, 5.74) is 15.5. The van der Waals surface area contributed by atoms with Crippen LogP contribution in [0.1, 0.15) is 81.3 Å². The van der Waals surface area contributed by atoms with Gasteiger partial charge in [-0.05, 0) is 53.0 Å². The molecule has 3 heteroatoms. The monoisotopic (exact) mass is 808 g/mol. The molecular weight excluding hydrogens is 766 g/mol. The number of benzene rings is 3. The van der Waals surface area contributed by atoms with Crippen LogP contribution in [0.15, 0.2) is 115 Å². The largest absolute Gasteiger partial charge is 0.214 e. The number of hydrogen-bond acceptors (Lipinski definition) is 0. The first-order chi connectivity index (χ1) is 21.1. The molecule has 0 radical (unpaired) electrons. The first kappa shape index (κ1) is 36.0. The van der Waals surface area contributed by atoms with Crippen molar-refractivity contribution in [2.24, 2.45) is 5.41 Å². The molecule has 0 saturated carbocycles. The Hall–Kier alpha value is -2.84. The van der Waals surface area contributed by atoms with Crippen molar-refractivity contribution in [3.05, 3.63) is 165 Å². The van der Waals surface area contributed by atoms with Gasteiger partial charge in [-0.3, -0.25) is 0 Å². The molecule has 4 aliphatic rings. The van der Waals surface area contributed by atoms with Crippen molar-refractivity contribution < 1.29 is 48.7 Å². The molecule has 0 fully saturated rings. The molecule has 0 amide bonds. The van der Waals surface area contributed by atoms with Crippen LogP contribution in [0.2, 0.25) is 0 Å². The molecule has 0 atom stereocenters. The predicted octanol–water partition coefficient (Wildman–Crippen LogP) is 3.06. The van der Waals surface area contributed by atoms with Crippen LogP contribution in [0.5, 0.6) is 0 Å². The SMILES string of the molecule is CC1=CC=c2c1c1c(c3c2=C(C)[CH-]C3(C)C)CC2=C1CC(C)(C)C=C2.[Cl-].[Cl-].[Hf+2]=[C](c1ccccc1)c1ccccc1.c1cc[cH-]c1. The molecule has 0 N–H and O–H groups in total. The van der Waals surface area contributed by atoms with Gasteiger partial charge in [-0.2, -0.15) is 23.4 Å². The van der Waals surface area contributed by atoms with E-state index in [9.17, 15) is 0 Å². The van der Waals surface area contributed by atoms with Gasteiger partial charge < -0.3 is 24.8 Å². The predicted molar refractivity (Wildman–Crippen MR) is 187 cm³/mol. The third kappa shape index (κ3) is 7.03. The molecule has 234 valence electrons. The maximum Gasteiger partial charge on any atom is -0.172 e. The van der Waals surface area contributed by atoms with E-state index in [0.29, 0.717) is 0 Å². The van der Waals surface area contributed by atoms with Crippen LogP contribution in [0.4, 0.5) is 0 Å². The summed E-state index contributed by atoms with van der Waals surface area (Å²) in [6.07, 6.45) is 14.3. The number of fused-ring (bicyclic) bond motifs is 7. The average molecular weight is 808 g/mol. The summed E-state index contributed by atoms with van der Waals surface area (Å²) in [7, 11) is 0. The van der Waals surface area contributed by atoms with E-state index in [4.69, 9.17) is 0 Å². The molecule has 0 aromatic heterocycles. The fraction of sp³-hybridized carbons (Fsp3) is 0.233. The van der Waals surface area contributed by atoms with Gasteiger partial charge in [0, 0.05) is 0 Å². The molecule has 0 aliphatic heterocycles. The number of hydrogen-bond donors (Lipinski definition) is 0. The third-order valence-electron chi connectivity index (χ3n) is 9.26. The number of rotatable bonds is 2. The Bertz CT molecular complexity index is 1880. The fourth-order valence-corrected chi connectivity index (χ4v) is 8.56. The Balaban J connectivity index is 0.000000193.